The summed E-state index contributed by atoms with van der Waals surface area (Å²) in [7, 11) is 0. The van der Waals surface area contributed by atoms with Gasteiger partial charge in [0.15, 0.2) is 0 Å². The Balaban J connectivity index is 1.63. The Kier molecular flexibility index (Phi) is 3.41. The highest BCUT2D eigenvalue weighted by Gasteiger charge is 2.15. The monoisotopic (exact) mass is 294 g/mol. The molecule has 0 radical (unpaired) electrons. The van der Waals surface area contributed by atoms with Gasteiger partial charge in [0, 0.05) is 18.0 Å². The molecule has 0 bridgehead atoms. The fourth-order valence-electron chi connectivity index (χ4n) is 3.47. The van der Waals surface area contributed by atoms with Gasteiger partial charge in [0.05, 0.1) is 5.69 Å². The van der Waals surface area contributed by atoms with Crippen LogP contribution < -0.4 is 0 Å². The van der Waals surface area contributed by atoms with Crippen LogP contribution in [0.4, 0.5) is 4.39 Å². The third kappa shape index (κ3) is 2.52. The maximum Gasteiger partial charge on any atom is 0.139 e. The molecule has 0 unspecified atom stereocenters. The summed E-state index contributed by atoms with van der Waals surface area (Å²) in [6, 6.07) is 11.9. The minimum absolute atomic E-state index is 0.246. The first kappa shape index (κ1) is 13.5. The number of hydrogen-bond acceptors (Lipinski definition) is 1. The number of imidazole rings is 1. The van der Waals surface area contributed by atoms with Crippen LogP contribution in [0.15, 0.2) is 48.8 Å². The Morgan fingerprint density at radius 2 is 1.68 bits per heavy atom. The van der Waals surface area contributed by atoms with Crippen LogP contribution in [0.5, 0.6) is 0 Å². The molecule has 2 heterocycles. The second-order valence-corrected chi connectivity index (χ2v) is 6.20. The van der Waals surface area contributed by atoms with Crippen molar-refractivity contribution in [2.24, 2.45) is 0 Å². The third-order valence-corrected chi connectivity index (χ3v) is 4.70. The summed E-state index contributed by atoms with van der Waals surface area (Å²) < 4.78 is 15.0. The van der Waals surface area contributed by atoms with E-state index < -0.39 is 0 Å². The zero-order chi connectivity index (χ0) is 14.9. The Labute approximate surface area is 129 Å². The smallest absolute Gasteiger partial charge is 0.139 e. The van der Waals surface area contributed by atoms with Gasteiger partial charge in [-0.2, -0.15) is 0 Å². The lowest BCUT2D eigenvalue weighted by atomic mass is 9.84. The Hall–Kier alpha value is -2.16. The van der Waals surface area contributed by atoms with Gasteiger partial charge in [-0.25, -0.2) is 9.37 Å². The van der Waals surface area contributed by atoms with Crippen LogP contribution in [0.3, 0.4) is 0 Å². The molecule has 1 aliphatic carbocycles. The third-order valence-electron chi connectivity index (χ3n) is 4.70. The molecule has 1 aliphatic rings. The molecule has 2 nitrogen and oxygen atoms in total. The van der Waals surface area contributed by atoms with E-state index in [4.69, 9.17) is 0 Å². The second kappa shape index (κ2) is 5.56. The van der Waals surface area contributed by atoms with Crippen molar-refractivity contribution in [3.63, 3.8) is 0 Å². The average Bonchev–Trinajstić information content (AvgIpc) is 2.99. The van der Waals surface area contributed by atoms with E-state index in [-0.39, 0.29) is 5.82 Å². The number of rotatable bonds is 2. The number of benzene rings is 1. The molecule has 0 aliphatic heterocycles. The molecule has 0 spiro atoms. The molecule has 22 heavy (non-hydrogen) atoms. The lowest BCUT2D eigenvalue weighted by Crippen LogP contribution is -2.04. The number of pyridine rings is 1. The van der Waals surface area contributed by atoms with Crippen molar-refractivity contribution in [1.29, 1.82) is 0 Å². The number of aromatic nitrogens is 2. The SMILES string of the molecule is Fc1ccc2nc(-c3ccc(C4CCCCC4)cc3)cn2c1. The molecule has 0 amide bonds. The van der Waals surface area contributed by atoms with Crippen LogP contribution in [0.25, 0.3) is 16.9 Å². The number of halogens is 1. The molecule has 1 fully saturated rings. The molecule has 0 N–H and O–H groups in total. The number of fused-ring (bicyclic) bond motifs is 1. The van der Waals surface area contributed by atoms with Crippen LogP contribution in [-0.2, 0) is 0 Å². The van der Waals surface area contributed by atoms with E-state index >= 15 is 0 Å². The lowest BCUT2D eigenvalue weighted by Gasteiger charge is -2.21. The molecule has 2 aromatic heterocycles. The quantitative estimate of drug-likeness (QED) is 0.636. The summed E-state index contributed by atoms with van der Waals surface area (Å²) in [5.41, 5.74) is 4.19. The predicted octanol–water partition coefficient (Wildman–Crippen LogP) is 5.19. The molecule has 3 heteroatoms. The molecular weight excluding hydrogens is 275 g/mol. The van der Waals surface area contributed by atoms with E-state index in [0.717, 1.165) is 22.8 Å². The second-order valence-electron chi connectivity index (χ2n) is 6.20. The maximum atomic E-state index is 13.3. The summed E-state index contributed by atoms with van der Waals surface area (Å²) in [5, 5.41) is 0. The molecule has 3 aromatic rings. The van der Waals surface area contributed by atoms with Gasteiger partial charge in [-0.3, -0.25) is 0 Å². The van der Waals surface area contributed by atoms with Gasteiger partial charge in [-0.05, 0) is 36.5 Å². The van der Waals surface area contributed by atoms with Crippen LogP contribution in [0.1, 0.15) is 43.6 Å². The van der Waals surface area contributed by atoms with E-state index in [1.54, 1.807) is 10.5 Å². The standard InChI is InChI=1S/C19H19FN2/c20-17-10-11-19-21-18(13-22(19)12-17)16-8-6-15(7-9-16)14-4-2-1-3-5-14/h6-14H,1-5H2. The summed E-state index contributed by atoms with van der Waals surface area (Å²) in [6.07, 6.45) is 10.1. The van der Waals surface area contributed by atoms with Crippen LogP contribution in [0.2, 0.25) is 0 Å². The van der Waals surface area contributed by atoms with Crippen LogP contribution in [-0.4, -0.2) is 9.38 Å². The minimum Gasteiger partial charge on any atom is -0.304 e. The first-order chi connectivity index (χ1) is 10.8. The Bertz CT molecular complexity index is 783. The van der Waals surface area contributed by atoms with Gasteiger partial charge in [0.1, 0.15) is 11.5 Å². The van der Waals surface area contributed by atoms with Crippen molar-refractivity contribution in [1.82, 2.24) is 9.38 Å². The highest BCUT2D eigenvalue weighted by atomic mass is 19.1. The summed E-state index contributed by atoms with van der Waals surface area (Å²) >= 11 is 0. The van der Waals surface area contributed by atoms with Crippen LogP contribution >= 0.6 is 0 Å². The lowest BCUT2D eigenvalue weighted by molar-refractivity contribution is 0.443. The van der Waals surface area contributed by atoms with Crippen LogP contribution in [0, 0.1) is 5.82 Å². The van der Waals surface area contributed by atoms with Crippen molar-refractivity contribution < 1.29 is 4.39 Å². The highest BCUT2D eigenvalue weighted by Crippen LogP contribution is 2.33. The van der Waals surface area contributed by atoms with Crippen molar-refractivity contribution >= 4 is 5.65 Å². The molecule has 0 saturated heterocycles. The van der Waals surface area contributed by atoms with E-state index in [1.165, 1.54) is 49.9 Å². The number of hydrogen-bond donors (Lipinski definition) is 0. The minimum atomic E-state index is -0.246. The molecule has 4 rings (SSSR count). The van der Waals surface area contributed by atoms with Gasteiger partial charge < -0.3 is 4.40 Å². The molecule has 112 valence electrons. The highest BCUT2D eigenvalue weighted by molar-refractivity contribution is 5.63. The van der Waals surface area contributed by atoms with E-state index in [1.807, 2.05) is 6.20 Å². The molecular formula is C19H19FN2. The van der Waals surface area contributed by atoms with Crippen molar-refractivity contribution in [3.8, 4) is 11.3 Å². The van der Waals surface area contributed by atoms with Crippen molar-refractivity contribution in [2.45, 2.75) is 38.0 Å². The molecule has 0 atom stereocenters. The zero-order valence-corrected chi connectivity index (χ0v) is 12.5. The fraction of sp³-hybridized carbons (Fsp3) is 0.316. The van der Waals surface area contributed by atoms with Crippen molar-refractivity contribution in [2.75, 3.05) is 0 Å². The van der Waals surface area contributed by atoms with E-state index in [2.05, 4.69) is 29.2 Å². The Morgan fingerprint density at radius 3 is 2.45 bits per heavy atom. The summed E-state index contributed by atoms with van der Waals surface area (Å²) in [6.45, 7) is 0. The van der Waals surface area contributed by atoms with E-state index in [0.29, 0.717) is 0 Å². The average molecular weight is 294 g/mol. The van der Waals surface area contributed by atoms with Gasteiger partial charge in [0.25, 0.3) is 0 Å². The van der Waals surface area contributed by atoms with Gasteiger partial charge in [-0.15, -0.1) is 0 Å². The van der Waals surface area contributed by atoms with Crippen molar-refractivity contribution in [3.05, 3.63) is 60.2 Å². The topological polar surface area (TPSA) is 17.3 Å². The fourth-order valence-corrected chi connectivity index (χ4v) is 3.47. The normalized spacial score (nSPS) is 16.2. The van der Waals surface area contributed by atoms with Gasteiger partial charge in [-0.1, -0.05) is 43.5 Å². The van der Waals surface area contributed by atoms with Gasteiger partial charge in [0.2, 0.25) is 0 Å². The molecule has 1 aromatic carbocycles. The first-order valence-electron chi connectivity index (χ1n) is 8.04. The summed E-state index contributed by atoms with van der Waals surface area (Å²) in [5.74, 6) is 0.474. The van der Waals surface area contributed by atoms with Gasteiger partial charge >= 0.3 is 0 Å². The summed E-state index contributed by atoms with van der Waals surface area (Å²) in [4.78, 5) is 4.56. The zero-order valence-electron chi connectivity index (χ0n) is 12.5. The largest absolute Gasteiger partial charge is 0.304 e. The Morgan fingerprint density at radius 1 is 0.909 bits per heavy atom. The number of nitrogens with zero attached hydrogens (tertiary/aromatic N) is 2. The predicted molar refractivity (Wildman–Crippen MR) is 86.4 cm³/mol. The maximum absolute atomic E-state index is 13.3. The molecule has 1 saturated carbocycles. The first-order valence-corrected chi connectivity index (χ1v) is 8.04. The van der Waals surface area contributed by atoms with E-state index in [9.17, 15) is 4.39 Å².